The lowest BCUT2D eigenvalue weighted by atomic mass is 10.1. The van der Waals surface area contributed by atoms with Crippen LogP contribution < -0.4 is 0 Å². The number of rotatable bonds is 26. The van der Waals surface area contributed by atoms with Gasteiger partial charge in [-0.15, -0.1) is 0 Å². The highest BCUT2D eigenvalue weighted by molar-refractivity contribution is 5.70. The van der Waals surface area contributed by atoms with Crippen LogP contribution in [0.1, 0.15) is 129 Å². The Morgan fingerprint density at radius 2 is 1.13 bits per heavy atom. The maximum absolute atomic E-state index is 12.0. The summed E-state index contributed by atoms with van der Waals surface area (Å²) in [6, 6.07) is 0. The Bertz CT molecular complexity index is 662. The zero-order valence-electron chi connectivity index (χ0n) is 24.4. The Kier molecular flexibility index (Phi) is 27.8. The summed E-state index contributed by atoms with van der Waals surface area (Å²) in [5.41, 5.74) is 0. The topological polar surface area (TPSA) is 72.8 Å². The molecule has 0 aliphatic rings. The van der Waals surface area contributed by atoms with Crippen molar-refractivity contribution in [1.29, 1.82) is 0 Å². The van der Waals surface area contributed by atoms with E-state index in [2.05, 4.69) is 62.5 Å². The van der Waals surface area contributed by atoms with E-state index in [0.717, 1.165) is 70.6 Å². The number of hydrogen-bond donors (Lipinski definition) is 1. The van der Waals surface area contributed by atoms with Crippen LogP contribution in [0, 0.1) is 0 Å². The van der Waals surface area contributed by atoms with Crippen molar-refractivity contribution < 1.29 is 24.2 Å². The van der Waals surface area contributed by atoms with E-state index < -0.39 is 6.10 Å². The number of unbranched alkanes of at least 4 members (excludes halogenated alkanes) is 10. The third-order valence-corrected chi connectivity index (χ3v) is 6.14. The molecule has 0 amide bonds. The predicted molar refractivity (Wildman–Crippen MR) is 159 cm³/mol. The summed E-state index contributed by atoms with van der Waals surface area (Å²) < 4.78 is 10.3. The van der Waals surface area contributed by atoms with Crippen molar-refractivity contribution in [2.24, 2.45) is 0 Å². The Labute approximate surface area is 233 Å². The third-order valence-electron chi connectivity index (χ3n) is 6.14. The Hall–Kier alpha value is -2.14. The van der Waals surface area contributed by atoms with Gasteiger partial charge in [-0.05, 0) is 51.4 Å². The molecule has 5 nitrogen and oxygen atoms in total. The fraction of sp³-hybridized carbons (Fsp3) is 0.697. The molecule has 38 heavy (non-hydrogen) atoms. The molecular formula is C33H56O5. The molecule has 0 saturated heterocycles. The Morgan fingerprint density at radius 1 is 0.632 bits per heavy atom. The largest absolute Gasteiger partial charge is 0.462 e. The van der Waals surface area contributed by atoms with Crippen molar-refractivity contribution in [2.75, 3.05) is 13.2 Å². The van der Waals surface area contributed by atoms with Gasteiger partial charge in [0.1, 0.15) is 6.61 Å². The predicted octanol–water partition coefficient (Wildman–Crippen LogP) is 8.72. The van der Waals surface area contributed by atoms with E-state index in [1.54, 1.807) is 0 Å². The molecular weight excluding hydrogens is 476 g/mol. The van der Waals surface area contributed by atoms with Gasteiger partial charge in [-0.2, -0.15) is 0 Å². The molecule has 1 unspecified atom stereocenters. The van der Waals surface area contributed by atoms with Crippen LogP contribution in [0.5, 0.6) is 0 Å². The first-order valence-corrected chi connectivity index (χ1v) is 15.2. The van der Waals surface area contributed by atoms with Gasteiger partial charge in [-0.3, -0.25) is 9.59 Å². The number of esters is 2. The van der Waals surface area contributed by atoms with Crippen molar-refractivity contribution in [3.63, 3.8) is 0 Å². The number of allylic oxidation sites excluding steroid dienone is 8. The van der Waals surface area contributed by atoms with Gasteiger partial charge >= 0.3 is 11.9 Å². The van der Waals surface area contributed by atoms with E-state index in [-0.39, 0.29) is 25.2 Å². The highest BCUT2D eigenvalue weighted by Gasteiger charge is 2.15. The van der Waals surface area contributed by atoms with Gasteiger partial charge in [0.25, 0.3) is 0 Å². The maximum atomic E-state index is 12.0. The normalized spacial score (nSPS) is 12.8. The summed E-state index contributed by atoms with van der Waals surface area (Å²) >= 11 is 0. The fourth-order valence-corrected chi connectivity index (χ4v) is 3.84. The summed E-state index contributed by atoms with van der Waals surface area (Å²) in [7, 11) is 0. The fourth-order valence-electron chi connectivity index (χ4n) is 3.84. The van der Waals surface area contributed by atoms with Gasteiger partial charge in [0.05, 0.1) is 6.61 Å². The summed E-state index contributed by atoms with van der Waals surface area (Å²) in [5.74, 6) is -0.635. The Morgan fingerprint density at radius 3 is 1.71 bits per heavy atom. The standard InChI is InChI=1S/C33H56O5/c1-3-5-7-8-9-10-11-12-13-14-15-16-17-18-19-20-21-22-23-24-26-28-33(36)38-31(29-34)30-37-32(35)27-25-6-4-2/h5,7,9-10,12-13,15-16,31,34H,3-4,6,8,11,14,17-30H2,1-2H3/b7-5-,10-9-,13-12-,16-15-. The highest BCUT2D eigenvalue weighted by atomic mass is 16.6. The second-order valence-corrected chi connectivity index (χ2v) is 9.80. The quantitative estimate of drug-likeness (QED) is 0.0685. The number of ether oxygens (including phenoxy) is 2. The average Bonchev–Trinajstić information content (AvgIpc) is 2.92. The number of hydrogen-bond acceptors (Lipinski definition) is 5. The molecule has 0 aromatic carbocycles. The van der Waals surface area contributed by atoms with E-state index in [0.29, 0.717) is 12.8 Å². The minimum absolute atomic E-state index is 0.0739. The Balaban J connectivity index is 3.54. The molecule has 5 heteroatoms. The number of aliphatic hydroxyl groups is 1. The minimum atomic E-state index is -0.769. The molecule has 0 fully saturated rings. The molecule has 0 aromatic rings. The first-order valence-electron chi connectivity index (χ1n) is 15.2. The van der Waals surface area contributed by atoms with Crippen LogP contribution in [0.15, 0.2) is 48.6 Å². The van der Waals surface area contributed by atoms with Gasteiger partial charge < -0.3 is 14.6 Å². The first kappa shape index (κ1) is 35.9. The number of aliphatic hydroxyl groups excluding tert-OH is 1. The van der Waals surface area contributed by atoms with Crippen LogP contribution in [0.4, 0.5) is 0 Å². The molecule has 218 valence electrons. The maximum Gasteiger partial charge on any atom is 0.306 e. The van der Waals surface area contributed by atoms with Gasteiger partial charge in [-0.1, -0.05) is 114 Å². The van der Waals surface area contributed by atoms with Crippen LogP contribution in [0.25, 0.3) is 0 Å². The van der Waals surface area contributed by atoms with E-state index in [1.165, 1.54) is 32.1 Å². The smallest absolute Gasteiger partial charge is 0.306 e. The molecule has 0 bridgehead atoms. The van der Waals surface area contributed by atoms with Crippen LogP contribution in [0.3, 0.4) is 0 Å². The summed E-state index contributed by atoms with van der Waals surface area (Å²) in [5, 5.41) is 9.37. The van der Waals surface area contributed by atoms with Crippen molar-refractivity contribution >= 4 is 11.9 Å². The first-order chi connectivity index (χ1) is 18.6. The summed E-state index contributed by atoms with van der Waals surface area (Å²) in [6.45, 7) is 3.82. The van der Waals surface area contributed by atoms with Crippen molar-refractivity contribution in [3.05, 3.63) is 48.6 Å². The van der Waals surface area contributed by atoms with E-state index in [4.69, 9.17) is 9.47 Å². The molecule has 1 N–H and O–H groups in total. The SMILES string of the molecule is CC/C=C\C/C=C\C/C=C\C/C=C\CCCCCCCCCCC(=O)OC(CO)COC(=O)CCCCC. The van der Waals surface area contributed by atoms with Crippen LogP contribution >= 0.6 is 0 Å². The molecule has 0 heterocycles. The molecule has 0 aliphatic heterocycles. The molecule has 1 atom stereocenters. The van der Waals surface area contributed by atoms with E-state index in [1.807, 2.05) is 0 Å². The lowest BCUT2D eigenvalue weighted by Crippen LogP contribution is -2.28. The van der Waals surface area contributed by atoms with E-state index in [9.17, 15) is 14.7 Å². The molecule has 0 rings (SSSR count). The average molecular weight is 533 g/mol. The molecule has 0 spiro atoms. The van der Waals surface area contributed by atoms with Crippen LogP contribution in [0.2, 0.25) is 0 Å². The van der Waals surface area contributed by atoms with Gasteiger partial charge in [0.15, 0.2) is 6.10 Å². The summed E-state index contributed by atoms with van der Waals surface area (Å²) in [4.78, 5) is 23.6. The van der Waals surface area contributed by atoms with E-state index >= 15 is 0 Å². The third kappa shape index (κ3) is 26.9. The van der Waals surface area contributed by atoms with Crippen LogP contribution in [-0.4, -0.2) is 36.4 Å². The van der Waals surface area contributed by atoms with Gasteiger partial charge in [-0.25, -0.2) is 0 Å². The van der Waals surface area contributed by atoms with Crippen molar-refractivity contribution in [3.8, 4) is 0 Å². The van der Waals surface area contributed by atoms with Crippen LogP contribution in [-0.2, 0) is 19.1 Å². The second kappa shape index (κ2) is 29.4. The summed E-state index contributed by atoms with van der Waals surface area (Å²) in [6.07, 6.45) is 35.1. The zero-order valence-corrected chi connectivity index (χ0v) is 24.4. The lowest BCUT2D eigenvalue weighted by Gasteiger charge is -2.15. The molecule has 0 saturated carbocycles. The van der Waals surface area contributed by atoms with Crippen molar-refractivity contribution in [1.82, 2.24) is 0 Å². The van der Waals surface area contributed by atoms with Gasteiger partial charge in [0, 0.05) is 12.8 Å². The lowest BCUT2D eigenvalue weighted by molar-refractivity contribution is -0.161. The molecule has 0 aromatic heterocycles. The zero-order chi connectivity index (χ0) is 27.9. The second-order valence-electron chi connectivity index (χ2n) is 9.80. The number of carbonyl (C=O) groups is 2. The van der Waals surface area contributed by atoms with Crippen molar-refractivity contribution in [2.45, 2.75) is 136 Å². The number of carbonyl (C=O) groups excluding carboxylic acids is 2. The van der Waals surface area contributed by atoms with Gasteiger partial charge in [0.2, 0.25) is 0 Å². The minimum Gasteiger partial charge on any atom is -0.462 e. The molecule has 0 radical (unpaired) electrons. The molecule has 0 aliphatic carbocycles. The highest BCUT2D eigenvalue weighted by Crippen LogP contribution is 2.12. The monoisotopic (exact) mass is 532 g/mol.